The molecule has 0 saturated carbocycles. The number of rotatable bonds is 6. The van der Waals surface area contributed by atoms with Gasteiger partial charge in [0.15, 0.2) is 0 Å². The van der Waals surface area contributed by atoms with Crippen LogP contribution in [-0.2, 0) is 11.2 Å². The summed E-state index contributed by atoms with van der Waals surface area (Å²) in [6.45, 7) is 2.48. The average molecular weight is 286 g/mol. The van der Waals surface area contributed by atoms with Crippen molar-refractivity contribution >= 4 is 5.97 Å². The van der Waals surface area contributed by atoms with Gasteiger partial charge in [-0.1, -0.05) is 24.3 Å². The second kappa shape index (κ2) is 6.79. The van der Waals surface area contributed by atoms with Crippen LogP contribution >= 0.6 is 0 Å². The molecule has 1 unspecified atom stereocenters. The maximum absolute atomic E-state index is 11.5. The fourth-order valence-electron chi connectivity index (χ4n) is 2.22. The zero-order valence-corrected chi connectivity index (χ0v) is 11.8. The Morgan fingerprint density at radius 2 is 1.90 bits per heavy atom. The van der Waals surface area contributed by atoms with Crippen molar-refractivity contribution in [1.29, 1.82) is 0 Å². The SMILES string of the molecule is CCOc1cccc(CC(C(=O)O)c2ccc(O)cc2)c1. The first-order valence-corrected chi connectivity index (χ1v) is 6.83. The highest BCUT2D eigenvalue weighted by Gasteiger charge is 2.20. The third-order valence-electron chi connectivity index (χ3n) is 3.24. The van der Waals surface area contributed by atoms with Crippen LogP contribution in [0.15, 0.2) is 48.5 Å². The summed E-state index contributed by atoms with van der Waals surface area (Å²) >= 11 is 0. The van der Waals surface area contributed by atoms with E-state index in [0.717, 1.165) is 11.3 Å². The molecule has 0 saturated heterocycles. The zero-order valence-electron chi connectivity index (χ0n) is 11.8. The normalized spacial score (nSPS) is 11.9. The summed E-state index contributed by atoms with van der Waals surface area (Å²) in [5.74, 6) is -0.670. The van der Waals surface area contributed by atoms with E-state index in [9.17, 15) is 15.0 Å². The minimum atomic E-state index is -0.887. The minimum absolute atomic E-state index is 0.126. The summed E-state index contributed by atoms with van der Waals surface area (Å²) in [6.07, 6.45) is 0.376. The third kappa shape index (κ3) is 3.99. The largest absolute Gasteiger partial charge is 0.508 e. The monoisotopic (exact) mass is 286 g/mol. The Hall–Kier alpha value is -2.49. The molecule has 0 fully saturated rings. The Labute approximate surface area is 123 Å². The van der Waals surface area contributed by atoms with Crippen LogP contribution in [0, 0.1) is 0 Å². The molecule has 2 aromatic carbocycles. The van der Waals surface area contributed by atoms with E-state index < -0.39 is 11.9 Å². The Morgan fingerprint density at radius 3 is 2.52 bits per heavy atom. The molecule has 2 rings (SSSR count). The first-order chi connectivity index (χ1) is 10.1. The Morgan fingerprint density at radius 1 is 1.19 bits per heavy atom. The molecule has 110 valence electrons. The lowest BCUT2D eigenvalue weighted by atomic mass is 9.92. The van der Waals surface area contributed by atoms with Crippen molar-refractivity contribution in [2.75, 3.05) is 6.61 Å². The van der Waals surface area contributed by atoms with Crippen LogP contribution in [0.1, 0.15) is 24.0 Å². The highest BCUT2D eigenvalue weighted by molar-refractivity contribution is 5.76. The van der Waals surface area contributed by atoms with Gasteiger partial charge in [-0.25, -0.2) is 0 Å². The summed E-state index contributed by atoms with van der Waals surface area (Å²) < 4.78 is 5.43. The van der Waals surface area contributed by atoms with E-state index in [2.05, 4.69) is 0 Å². The molecule has 4 nitrogen and oxygen atoms in total. The molecule has 0 aliphatic rings. The van der Waals surface area contributed by atoms with E-state index in [1.54, 1.807) is 12.1 Å². The van der Waals surface area contributed by atoms with Crippen LogP contribution in [0.2, 0.25) is 0 Å². The predicted octanol–water partition coefficient (Wildman–Crippen LogP) is 3.20. The van der Waals surface area contributed by atoms with Crippen molar-refractivity contribution in [3.8, 4) is 11.5 Å². The van der Waals surface area contributed by atoms with Gasteiger partial charge < -0.3 is 14.9 Å². The predicted molar refractivity (Wildman–Crippen MR) is 79.8 cm³/mol. The topological polar surface area (TPSA) is 66.8 Å². The van der Waals surface area contributed by atoms with E-state index >= 15 is 0 Å². The molecule has 2 aromatic rings. The lowest BCUT2D eigenvalue weighted by Crippen LogP contribution is -2.14. The van der Waals surface area contributed by atoms with Gasteiger partial charge in [0.1, 0.15) is 11.5 Å². The molecule has 1 atom stereocenters. The maximum Gasteiger partial charge on any atom is 0.311 e. The van der Waals surface area contributed by atoms with Crippen molar-refractivity contribution < 1.29 is 19.7 Å². The number of benzene rings is 2. The smallest absolute Gasteiger partial charge is 0.311 e. The van der Waals surface area contributed by atoms with E-state index in [-0.39, 0.29) is 5.75 Å². The fourth-order valence-corrected chi connectivity index (χ4v) is 2.22. The molecule has 0 heterocycles. The minimum Gasteiger partial charge on any atom is -0.508 e. The second-order valence-corrected chi connectivity index (χ2v) is 4.77. The molecule has 0 aliphatic heterocycles. The molecule has 0 aliphatic carbocycles. The first-order valence-electron chi connectivity index (χ1n) is 6.83. The van der Waals surface area contributed by atoms with Crippen molar-refractivity contribution in [2.24, 2.45) is 0 Å². The number of aliphatic carboxylic acids is 1. The van der Waals surface area contributed by atoms with Gasteiger partial charge in [-0.05, 0) is 48.7 Å². The van der Waals surface area contributed by atoms with Gasteiger partial charge in [0.05, 0.1) is 12.5 Å². The molecule has 2 N–H and O–H groups in total. The number of carboxylic acids is 1. The average Bonchev–Trinajstić information content (AvgIpc) is 2.46. The summed E-state index contributed by atoms with van der Waals surface area (Å²) in [5.41, 5.74) is 1.57. The van der Waals surface area contributed by atoms with Gasteiger partial charge in [-0.2, -0.15) is 0 Å². The lowest BCUT2D eigenvalue weighted by Gasteiger charge is -2.14. The number of aromatic hydroxyl groups is 1. The second-order valence-electron chi connectivity index (χ2n) is 4.77. The van der Waals surface area contributed by atoms with Crippen LogP contribution in [0.3, 0.4) is 0 Å². The number of ether oxygens (including phenoxy) is 1. The van der Waals surface area contributed by atoms with Crippen molar-refractivity contribution in [3.05, 3.63) is 59.7 Å². The molecule has 4 heteroatoms. The molecule has 0 aromatic heterocycles. The Kier molecular flexibility index (Phi) is 4.82. The van der Waals surface area contributed by atoms with E-state index in [1.165, 1.54) is 12.1 Å². The number of carboxylic acid groups (broad SMARTS) is 1. The van der Waals surface area contributed by atoms with Crippen molar-refractivity contribution in [3.63, 3.8) is 0 Å². The van der Waals surface area contributed by atoms with Crippen LogP contribution in [0.5, 0.6) is 11.5 Å². The number of carbonyl (C=O) groups is 1. The number of hydrogen-bond donors (Lipinski definition) is 2. The number of hydrogen-bond acceptors (Lipinski definition) is 3. The molecule has 0 spiro atoms. The van der Waals surface area contributed by atoms with Crippen molar-refractivity contribution in [1.82, 2.24) is 0 Å². The van der Waals surface area contributed by atoms with Gasteiger partial charge in [-0.3, -0.25) is 4.79 Å². The van der Waals surface area contributed by atoms with Gasteiger partial charge >= 0.3 is 5.97 Å². The summed E-state index contributed by atoms with van der Waals surface area (Å²) in [6, 6.07) is 13.7. The van der Waals surface area contributed by atoms with Crippen LogP contribution in [0.4, 0.5) is 0 Å². The molecule has 0 bridgehead atoms. The Bertz CT molecular complexity index is 604. The van der Waals surface area contributed by atoms with Gasteiger partial charge in [-0.15, -0.1) is 0 Å². The standard InChI is InChI=1S/C17H18O4/c1-2-21-15-5-3-4-12(10-15)11-16(17(19)20)13-6-8-14(18)9-7-13/h3-10,16,18H,2,11H2,1H3,(H,19,20). The van der Waals surface area contributed by atoms with E-state index in [4.69, 9.17) is 4.74 Å². The van der Waals surface area contributed by atoms with Crippen molar-refractivity contribution in [2.45, 2.75) is 19.3 Å². The fraction of sp³-hybridized carbons (Fsp3) is 0.235. The number of phenolic OH excluding ortho intramolecular Hbond substituents is 1. The molecule has 0 radical (unpaired) electrons. The van der Waals surface area contributed by atoms with E-state index in [1.807, 2.05) is 31.2 Å². The highest BCUT2D eigenvalue weighted by Crippen LogP contribution is 2.25. The van der Waals surface area contributed by atoms with E-state index in [0.29, 0.717) is 18.6 Å². The first kappa shape index (κ1) is 14.9. The molecular formula is C17H18O4. The molecule has 21 heavy (non-hydrogen) atoms. The van der Waals surface area contributed by atoms with Crippen LogP contribution < -0.4 is 4.74 Å². The maximum atomic E-state index is 11.5. The summed E-state index contributed by atoms with van der Waals surface area (Å²) in [4.78, 5) is 11.5. The quantitative estimate of drug-likeness (QED) is 0.855. The van der Waals surface area contributed by atoms with Gasteiger partial charge in [0, 0.05) is 0 Å². The molecule has 0 amide bonds. The molecular weight excluding hydrogens is 268 g/mol. The lowest BCUT2D eigenvalue weighted by molar-refractivity contribution is -0.138. The van der Waals surface area contributed by atoms with Gasteiger partial charge in [0.25, 0.3) is 0 Å². The van der Waals surface area contributed by atoms with Crippen LogP contribution in [-0.4, -0.2) is 22.8 Å². The highest BCUT2D eigenvalue weighted by atomic mass is 16.5. The zero-order chi connectivity index (χ0) is 15.2. The summed E-state index contributed by atoms with van der Waals surface area (Å²) in [7, 11) is 0. The Balaban J connectivity index is 2.22. The number of phenols is 1. The van der Waals surface area contributed by atoms with Gasteiger partial charge in [0.2, 0.25) is 0 Å². The van der Waals surface area contributed by atoms with Crippen LogP contribution in [0.25, 0.3) is 0 Å². The summed E-state index contributed by atoms with van der Waals surface area (Å²) in [5, 5.41) is 18.7. The third-order valence-corrected chi connectivity index (χ3v) is 3.24.